The van der Waals surface area contributed by atoms with Crippen LogP contribution in [0.2, 0.25) is 0 Å². The fourth-order valence-electron chi connectivity index (χ4n) is 1.18. The summed E-state index contributed by atoms with van der Waals surface area (Å²) < 4.78 is 5.84. The van der Waals surface area contributed by atoms with E-state index < -0.39 is 0 Å². The van der Waals surface area contributed by atoms with Gasteiger partial charge in [-0.2, -0.15) is 0 Å². The Morgan fingerprint density at radius 3 is 2.94 bits per heavy atom. The maximum Gasteiger partial charge on any atom is 0.255 e. The Kier molecular flexibility index (Phi) is 6.32. The summed E-state index contributed by atoms with van der Waals surface area (Å²) in [6.07, 6.45) is 0. The number of carbonyl (C=O) groups is 1. The van der Waals surface area contributed by atoms with E-state index in [9.17, 15) is 9.90 Å². The number of aromatic hydroxyl groups is 1. The summed E-state index contributed by atoms with van der Waals surface area (Å²) in [5.74, 6) is 0.0473. The monoisotopic (exact) mass is 321 g/mol. The first-order valence-electron chi connectivity index (χ1n) is 5.05. The number of ether oxygens (including phenoxy) is 1. The molecule has 0 aromatic heterocycles. The highest BCUT2D eigenvalue weighted by Gasteiger charge is 2.10. The molecule has 0 heterocycles. The van der Waals surface area contributed by atoms with E-state index >= 15 is 0 Å². The Balaban J connectivity index is 2.44. The standard InChI is InChI=1S/C11H13BrClNO3/c12-8-1-2-10(15)9(7-8)11(16)14-4-6-17-5-3-13/h1-2,7,15H,3-6H2,(H,14,16). The molecule has 1 aromatic rings. The Labute approximate surface area is 113 Å². The highest BCUT2D eigenvalue weighted by Crippen LogP contribution is 2.21. The quantitative estimate of drug-likeness (QED) is 0.623. The average Bonchev–Trinajstić information content (AvgIpc) is 2.32. The van der Waals surface area contributed by atoms with Gasteiger partial charge in [-0.1, -0.05) is 15.9 Å². The van der Waals surface area contributed by atoms with E-state index in [4.69, 9.17) is 16.3 Å². The van der Waals surface area contributed by atoms with Gasteiger partial charge in [-0.05, 0) is 18.2 Å². The summed E-state index contributed by atoms with van der Waals surface area (Å²) in [5.41, 5.74) is 0.233. The lowest BCUT2D eigenvalue weighted by Crippen LogP contribution is -2.27. The minimum atomic E-state index is -0.335. The molecule has 17 heavy (non-hydrogen) atoms. The van der Waals surface area contributed by atoms with Crippen LogP contribution in [-0.2, 0) is 4.74 Å². The SMILES string of the molecule is O=C(NCCOCCCl)c1cc(Br)ccc1O. The maximum atomic E-state index is 11.7. The minimum Gasteiger partial charge on any atom is -0.507 e. The number of hydrogen-bond acceptors (Lipinski definition) is 3. The second kappa shape index (κ2) is 7.53. The van der Waals surface area contributed by atoms with Crippen LogP contribution >= 0.6 is 27.5 Å². The zero-order valence-corrected chi connectivity index (χ0v) is 11.4. The molecule has 0 bridgehead atoms. The molecule has 1 amide bonds. The fraction of sp³-hybridized carbons (Fsp3) is 0.364. The zero-order valence-electron chi connectivity index (χ0n) is 9.08. The highest BCUT2D eigenvalue weighted by molar-refractivity contribution is 9.10. The number of benzene rings is 1. The van der Waals surface area contributed by atoms with E-state index in [0.29, 0.717) is 25.6 Å². The average molecular weight is 323 g/mol. The number of hydrogen-bond donors (Lipinski definition) is 2. The third kappa shape index (κ3) is 4.93. The van der Waals surface area contributed by atoms with E-state index in [1.54, 1.807) is 12.1 Å². The Morgan fingerprint density at radius 1 is 1.47 bits per heavy atom. The van der Waals surface area contributed by atoms with Gasteiger partial charge >= 0.3 is 0 Å². The first-order chi connectivity index (χ1) is 8.15. The van der Waals surface area contributed by atoms with Crippen LogP contribution in [0.4, 0.5) is 0 Å². The molecule has 0 spiro atoms. The van der Waals surface area contributed by atoms with Crippen molar-refractivity contribution in [2.24, 2.45) is 0 Å². The predicted octanol–water partition coefficient (Wildman–Crippen LogP) is 2.14. The van der Waals surface area contributed by atoms with Gasteiger partial charge in [-0.15, -0.1) is 11.6 Å². The summed E-state index contributed by atoms with van der Waals surface area (Å²) in [6, 6.07) is 4.68. The molecule has 0 atom stereocenters. The minimum absolute atomic E-state index is 0.0487. The normalized spacial score (nSPS) is 10.2. The summed E-state index contributed by atoms with van der Waals surface area (Å²) in [6.45, 7) is 1.23. The highest BCUT2D eigenvalue weighted by atomic mass is 79.9. The Morgan fingerprint density at radius 2 is 2.24 bits per heavy atom. The fourth-order valence-corrected chi connectivity index (χ4v) is 1.65. The number of rotatable bonds is 6. The van der Waals surface area contributed by atoms with Gasteiger partial charge in [0, 0.05) is 16.9 Å². The Bertz CT molecular complexity index is 387. The molecule has 6 heteroatoms. The molecule has 0 unspecified atom stereocenters. The topological polar surface area (TPSA) is 58.6 Å². The number of halogens is 2. The van der Waals surface area contributed by atoms with Crippen LogP contribution in [0.5, 0.6) is 5.75 Å². The van der Waals surface area contributed by atoms with E-state index in [0.717, 1.165) is 4.47 Å². The summed E-state index contributed by atoms with van der Waals surface area (Å²) >= 11 is 8.66. The molecule has 0 saturated heterocycles. The molecule has 1 aromatic carbocycles. The van der Waals surface area contributed by atoms with Gasteiger partial charge in [0.1, 0.15) is 5.75 Å². The van der Waals surface area contributed by atoms with Crippen molar-refractivity contribution < 1.29 is 14.6 Å². The van der Waals surface area contributed by atoms with Crippen LogP contribution in [-0.4, -0.2) is 36.7 Å². The second-order valence-corrected chi connectivity index (χ2v) is 4.51. The first kappa shape index (κ1) is 14.3. The van der Waals surface area contributed by atoms with Crippen molar-refractivity contribution in [1.29, 1.82) is 0 Å². The number of phenolic OH excluding ortho intramolecular Hbond substituents is 1. The molecule has 2 N–H and O–H groups in total. The van der Waals surface area contributed by atoms with Gasteiger partial charge < -0.3 is 15.2 Å². The van der Waals surface area contributed by atoms with Crippen LogP contribution in [0.25, 0.3) is 0 Å². The molecule has 4 nitrogen and oxygen atoms in total. The number of nitrogens with one attached hydrogen (secondary N) is 1. The lowest BCUT2D eigenvalue weighted by Gasteiger charge is -2.07. The maximum absolute atomic E-state index is 11.7. The van der Waals surface area contributed by atoms with Gasteiger partial charge in [-0.3, -0.25) is 4.79 Å². The molecule has 0 radical (unpaired) electrons. The summed E-state index contributed by atoms with van der Waals surface area (Å²) in [4.78, 5) is 11.7. The van der Waals surface area contributed by atoms with Crippen LogP contribution in [0.15, 0.2) is 22.7 Å². The number of phenols is 1. The molecule has 0 aliphatic rings. The van der Waals surface area contributed by atoms with Crippen molar-refractivity contribution in [1.82, 2.24) is 5.32 Å². The van der Waals surface area contributed by atoms with E-state index in [-0.39, 0.29) is 17.2 Å². The molecule has 0 fully saturated rings. The largest absolute Gasteiger partial charge is 0.507 e. The third-order valence-electron chi connectivity index (χ3n) is 1.96. The first-order valence-corrected chi connectivity index (χ1v) is 6.38. The number of amides is 1. The third-order valence-corrected chi connectivity index (χ3v) is 2.60. The smallest absolute Gasteiger partial charge is 0.255 e. The zero-order chi connectivity index (χ0) is 12.7. The molecule has 0 aliphatic carbocycles. The van der Waals surface area contributed by atoms with E-state index in [1.165, 1.54) is 6.07 Å². The Hall–Kier alpha value is -0.780. The lowest BCUT2D eigenvalue weighted by molar-refractivity contribution is 0.0921. The molecule has 1 rings (SSSR count). The molecule has 0 saturated carbocycles. The van der Waals surface area contributed by atoms with Crippen LogP contribution in [0.1, 0.15) is 10.4 Å². The van der Waals surface area contributed by atoms with Crippen LogP contribution < -0.4 is 5.32 Å². The lowest BCUT2D eigenvalue weighted by atomic mass is 10.2. The predicted molar refractivity (Wildman–Crippen MR) is 69.7 cm³/mol. The van der Waals surface area contributed by atoms with Gasteiger partial charge in [0.15, 0.2) is 0 Å². The summed E-state index contributed by atoms with van der Waals surface area (Å²) in [7, 11) is 0. The van der Waals surface area contributed by atoms with E-state index in [2.05, 4.69) is 21.2 Å². The summed E-state index contributed by atoms with van der Waals surface area (Å²) in [5, 5.41) is 12.2. The van der Waals surface area contributed by atoms with Crippen LogP contribution in [0, 0.1) is 0 Å². The van der Waals surface area contributed by atoms with Gasteiger partial charge in [0.05, 0.1) is 18.8 Å². The van der Waals surface area contributed by atoms with Crippen LogP contribution in [0.3, 0.4) is 0 Å². The van der Waals surface area contributed by atoms with Gasteiger partial charge in [-0.25, -0.2) is 0 Å². The van der Waals surface area contributed by atoms with Crippen molar-refractivity contribution in [3.05, 3.63) is 28.2 Å². The van der Waals surface area contributed by atoms with Crippen molar-refractivity contribution in [2.45, 2.75) is 0 Å². The van der Waals surface area contributed by atoms with Crippen molar-refractivity contribution >= 4 is 33.4 Å². The molecule has 94 valence electrons. The molecule has 0 aliphatic heterocycles. The van der Waals surface area contributed by atoms with Crippen molar-refractivity contribution in [3.8, 4) is 5.75 Å². The van der Waals surface area contributed by atoms with Gasteiger partial charge in [0.25, 0.3) is 5.91 Å². The number of alkyl halides is 1. The molecular formula is C11H13BrClNO3. The molecular weight excluding hydrogens is 309 g/mol. The van der Waals surface area contributed by atoms with E-state index in [1.807, 2.05) is 0 Å². The number of carbonyl (C=O) groups excluding carboxylic acids is 1. The van der Waals surface area contributed by atoms with Gasteiger partial charge in [0.2, 0.25) is 0 Å². The second-order valence-electron chi connectivity index (χ2n) is 3.22. The van der Waals surface area contributed by atoms with Crippen molar-refractivity contribution in [2.75, 3.05) is 25.6 Å². The van der Waals surface area contributed by atoms with Crippen molar-refractivity contribution in [3.63, 3.8) is 0 Å².